The second kappa shape index (κ2) is 4.25. The van der Waals surface area contributed by atoms with Crippen molar-refractivity contribution in [3.8, 4) is 0 Å². The average Bonchev–Trinajstić information content (AvgIpc) is 3.06. The third kappa shape index (κ3) is 2.60. The Labute approximate surface area is 113 Å². The smallest absolute Gasteiger partial charge is 0.410 e. The van der Waals surface area contributed by atoms with Gasteiger partial charge in [0.25, 0.3) is 0 Å². The second-order valence-corrected chi connectivity index (χ2v) is 6.44. The van der Waals surface area contributed by atoms with Crippen molar-refractivity contribution in [2.45, 2.75) is 58.2 Å². The van der Waals surface area contributed by atoms with Crippen molar-refractivity contribution in [2.24, 2.45) is 0 Å². The lowest BCUT2D eigenvalue weighted by Crippen LogP contribution is -2.40. The first kappa shape index (κ1) is 12.5. The summed E-state index contributed by atoms with van der Waals surface area (Å²) in [4.78, 5) is 13.8. The number of nitrogens with zero attached hydrogens (tertiary/aromatic N) is 3. The molecular weight excluding hydrogens is 242 g/mol. The van der Waals surface area contributed by atoms with Gasteiger partial charge in [-0.2, -0.15) is 5.10 Å². The van der Waals surface area contributed by atoms with Crippen LogP contribution in [0.4, 0.5) is 4.79 Å². The van der Waals surface area contributed by atoms with Gasteiger partial charge in [0.1, 0.15) is 5.60 Å². The number of amides is 1. The highest BCUT2D eigenvalue weighted by Gasteiger charge is 2.32. The summed E-state index contributed by atoms with van der Waals surface area (Å²) in [7, 11) is 0. The van der Waals surface area contributed by atoms with E-state index in [0.717, 1.165) is 13.0 Å². The largest absolute Gasteiger partial charge is 0.444 e. The average molecular weight is 263 g/mol. The quantitative estimate of drug-likeness (QED) is 0.782. The van der Waals surface area contributed by atoms with Crippen molar-refractivity contribution in [2.75, 3.05) is 6.54 Å². The molecule has 0 unspecified atom stereocenters. The first-order valence-corrected chi connectivity index (χ1v) is 6.97. The molecule has 0 radical (unpaired) electrons. The molecule has 1 amide bonds. The lowest BCUT2D eigenvalue weighted by molar-refractivity contribution is 0.0222. The zero-order chi connectivity index (χ0) is 13.6. The van der Waals surface area contributed by atoms with Crippen LogP contribution < -0.4 is 0 Å². The molecule has 5 heteroatoms. The third-order valence-corrected chi connectivity index (χ3v) is 3.51. The van der Waals surface area contributed by atoms with Gasteiger partial charge in [0, 0.05) is 24.2 Å². The molecule has 104 valence electrons. The molecule has 1 aliphatic carbocycles. The van der Waals surface area contributed by atoms with Gasteiger partial charge in [0.2, 0.25) is 0 Å². The molecule has 1 aromatic heterocycles. The fraction of sp³-hybridized carbons (Fsp3) is 0.714. The fourth-order valence-electron chi connectivity index (χ4n) is 2.47. The van der Waals surface area contributed by atoms with Crippen molar-refractivity contribution < 1.29 is 9.53 Å². The minimum atomic E-state index is -0.435. The molecule has 0 N–H and O–H groups in total. The molecule has 0 bridgehead atoms. The summed E-state index contributed by atoms with van der Waals surface area (Å²) < 4.78 is 7.57. The number of carbonyl (C=O) groups excluding carboxylic acids is 1. The molecule has 1 fully saturated rings. The Morgan fingerprint density at radius 2 is 2.16 bits per heavy atom. The molecule has 1 saturated carbocycles. The molecule has 0 spiro atoms. The Kier molecular flexibility index (Phi) is 2.80. The van der Waals surface area contributed by atoms with Crippen molar-refractivity contribution in [3.05, 3.63) is 17.5 Å². The molecule has 19 heavy (non-hydrogen) atoms. The van der Waals surface area contributed by atoms with Gasteiger partial charge in [-0.25, -0.2) is 4.79 Å². The van der Waals surface area contributed by atoms with Gasteiger partial charge >= 0.3 is 6.09 Å². The molecule has 3 rings (SSSR count). The van der Waals surface area contributed by atoms with E-state index >= 15 is 0 Å². The van der Waals surface area contributed by atoms with Gasteiger partial charge in [-0.05, 0) is 33.6 Å². The van der Waals surface area contributed by atoms with Crippen molar-refractivity contribution >= 4 is 6.09 Å². The summed E-state index contributed by atoms with van der Waals surface area (Å²) >= 11 is 0. The normalized spacial score (nSPS) is 19.2. The highest BCUT2D eigenvalue weighted by Crippen LogP contribution is 2.37. The molecule has 0 aromatic carbocycles. The first-order chi connectivity index (χ1) is 8.94. The Hall–Kier alpha value is -1.52. The number of ether oxygens (including phenoxy) is 1. The van der Waals surface area contributed by atoms with E-state index < -0.39 is 5.60 Å². The Morgan fingerprint density at radius 3 is 2.79 bits per heavy atom. The summed E-state index contributed by atoms with van der Waals surface area (Å²) in [5, 5.41) is 4.47. The molecule has 1 aromatic rings. The minimum absolute atomic E-state index is 0.225. The number of rotatable bonds is 1. The van der Waals surface area contributed by atoms with E-state index in [9.17, 15) is 4.79 Å². The van der Waals surface area contributed by atoms with E-state index in [-0.39, 0.29) is 6.09 Å². The lowest BCUT2D eigenvalue weighted by Gasteiger charge is -2.30. The van der Waals surface area contributed by atoms with Gasteiger partial charge in [-0.1, -0.05) is 0 Å². The van der Waals surface area contributed by atoms with Crippen LogP contribution in [0.15, 0.2) is 6.20 Å². The van der Waals surface area contributed by atoms with Crippen LogP contribution in [0.25, 0.3) is 0 Å². The van der Waals surface area contributed by atoms with Gasteiger partial charge in [0.05, 0.1) is 18.8 Å². The topological polar surface area (TPSA) is 47.4 Å². The van der Waals surface area contributed by atoms with Crippen LogP contribution in [-0.2, 0) is 17.7 Å². The minimum Gasteiger partial charge on any atom is -0.444 e. The molecule has 0 saturated heterocycles. The van der Waals surface area contributed by atoms with Crippen molar-refractivity contribution in [1.29, 1.82) is 0 Å². The maximum Gasteiger partial charge on any atom is 0.410 e. The summed E-state index contributed by atoms with van der Waals surface area (Å²) in [6.07, 6.45) is 5.04. The Balaban J connectivity index is 1.70. The molecule has 2 aliphatic rings. The number of carbonyl (C=O) groups is 1. The number of hydrogen-bond acceptors (Lipinski definition) is 3. The number of hydrogen-bond donors (Lipinski definition) is 0. The van der Waals surface area contributed by atoms with Crippen LogP contribution in [0.5, 0.6) is 0 Å². The highest BCUT2D eigenvalue weighted by atomic mass is 16.6. The van der Waals surface area contributed by atoms with Crippen LogP contribution in [0.1, 0.15) is 50.9 Å². The van der Waals surface area contributed by atoms with Crippen molar-refractivity contribution in [3.63, 3.8) is 0 Å². The van der Waals surface area contributed by atoms with Crippen LogP contribution in [0, 0.1) is 0 Å². The number of fused-ring (bicyclic) bond motifs is 1. The van der Waals surface area contributed by atoms with Gasteiger partial charge in [0.15, 0.2) is 0 Å². The Bertz CT molecular complexity index is 497. The number of aromatic nitrogens is 2. The van der Waals surface area contributed by atoms with E-state index in [1.54, 1.807) is 4.90 Å². The summed E-state index contributed by atoms with van der Waals surface area (Å²) in [6, 6.07) is 0.608. The van der Waals surface area contributed by atoms with Gasteiger partial charge < -0.3 is 9.64 Å². The van der Waals surface area contributed by atoms with E-state index in [4.69, 9.17) is 4.74 Å². The molecule has 0 atom stereocenters. The molecule has 5 nitrogen and oxygen atoms in total. The van der Waals surface area contributed by atoms with Crippen LogP contribution in [-0.4, -0.2) is 32.9 Å². The first-order valence-electron chi connectivity index (χ1n) is 6.97. The van der Waals surface area contributed by atoms with E-state index in [2.05, 4.69) is 9.78 Å². The van der Waals surface area contributed by atoms with Crippen molar-refractivity contribution in [1.82, 2.24) is 14.7 Å². The standard InChI is InChI=1S/C14H21N3O2/c1-14(2,3)19-13(18)16-7-6-12-10(9-16)8-15-17(12)11-4-5-11/h8,11H,4-7,9H2,1-3H3. The SMILES string of the molecule is CC(C)(C)OC(=O)N1CCc2c(cnn2C2CC2)C1. The van der Waals surface area contributed by atoms with Gasteiger partial charge in [-0.15, -0.1) is 0 Å². The second-order valence-electron chi connectivity index (χ2n) is 6.44. The predicted molar refractivity (Wildman–Crippen MR) is 70.8 cm³/mol. The summed E-state index contributed by atoms with van der Waals surface area (Å²) in [5.74, 6) is 0. The zero-order valence-electron chi connectivity index (χ0n) is 11.8. The van der Waals surface area contributed by atoms with E-state index in [0.29, 0.717) is 12.6 Å². The molecule has 1 aliphatic heterocycles. The van der Waals surface area contributed by atoms with E-state index in [1.807, 2.05) is 27.0 Å². The highest BCUT2D eigenvalue weighted by molar-refractivity contribution is 5.68. The Morgan fingerprint density at radius 1 is 1.42 bits per heavy atom. The van der Waals surface area contributed by atoms with Crippen LogP contribution in [0.3, 0.4) is 0 Å². The molecule has 2 heterocycles. The maximum atomic E-state index is 12.1. The van der Waals surface area contributed by atoms with Crippen LogP contribution >= 0.6 is 0 Å². The maximum absolute atomic E-state index is 12.1. The molecular formula is C14H21N3O2. The summed E-state index contributed by atoms with van der Waals surface area (Å²) in [6.45, 7) is 7.03. The predicted octanol–water partition coefficient (Wildman–Crippen LogP) is 2.51. The summed E-state index contributed by atoms with van der Waals surface area (Å²) in [5.41, 5.74) is 2.04. The van der Waals surface area contributed by atoms with Gasteiger partial charge in [-0.3, -0.25) is 4.68 Å². The van der Waals surface area contributed by atoms with E-state index in [1.165, 1.54) is 24.1 Å². The third-order valence-electron chi connectivity index (χ3n) is 3.51. The van der Waals surface area contributed by atoms with Crippen LogP contribution in [0.2, 0.25) is 0 Å². The monoisotopic (exact) mass is 263 g/mol. The lowest BCUT2D eigenvalue weighted by atomic mass is 10.1. The fourth-order valence-corrected chi connectivity index (χ4v) is 2.47. The zero-order valence-corrected chi connectivity index (χ0v) is 11.8.